The zero-order chi connectivity index (χ0) is 23.2. The van der Waals surface area contributed by atoms with Crippen LogP contribution in [0.15, 0.2) is 42.5 Å². The van der Waals surface area contributed by atoms with Gasteiger partial charge in [0.05, 0.1) is 6.54 Å². The molecule has 2 N–H and O–H groups in total. The maximum absolute atomic E-state index is 12.3. The maximum Gasteiger partial charge on any atom is 0.251 e. The summed E-state index contributed by atoms with van der Waals surface area (Å²) in [5.41, 5.74) is 4.57. The molecule has 0 fully saturated rings. The fourth-order valence-corrected chi connectivity index (χ4v) is 3.08. The van der Waals surface area contributed by atoms with Crippen LogP contribution in [0.3, 0.4) is 0 Å². The molecule has 31 heavy (non-hydrogen) atoms. The summed E-state index contributed by atoms with van der Waals surface area (Å²) in [4.78, 5) is 38.3. The van der Waals surface area contributed by atoms with Gasteiger partial charge in [-0.3, -0.25) is 14.4 Å². The fourth-order valence-electron chi connectivity index (χ4n) is 3.08. The topological polar surface area (TPSA) is 78.5 Å². The SMILES string of the molecule is Cc1cccc(NC(=O)CN(C)C(=O)CCNC(=O)c2ccc(C(C)(C)C)cc2)c1C. The first-order valence-corrected chi connectivity index (χ1v) is 10.5. The highest BCUT2D eigenvalue weighted by molar-refractivity contribution is 5.96. The van der Waals surface area contributed by atoms with Gasteiger partial charge in [-0.05, 0) is 54.2 Å². The minimum atomic E-state index is -0.257. The number of amides is 3. The van der Waals surface area contributed by atoms with Gasteiger partial charge in [0.2, 0.25) is 11.8 Å². The van der Waals surface area contributed by atoms with Crippen LogP contribution in [-0.4, -0.2) is 42.8 Å². The molecule has 0 heterocycles. The molecule has 0 unspecified atom stereocenters. The van der Waals surface area contributed by atoms with E-state index in [1.54, 1.807) is 19.2 Å². The molecule has 2 aromatic rings. The van der Waals surface area contributed by atoms with E-state index in [0.717, 1.165) is 22.4 Å². The van der Waals surface area contributed by atoms with Crippen LogP contribution in [0.4, 0.5) is 5.69 Å². The number of nitrogens with one attached hydrogen (secondary N) is 2. The first-order valence-electron chi connectivity index (χ1n) is 10.5. The number of likely N-dealkylation sites (N-methyl/N-ethyl adjacent to an activating group) is 1. The standard InChI is InChI=1S/C25H33N3O3/c1-17-8-7-9-21(18(17)2)27-22(29)16-28(6)23(30)14-15-26-24(31)19-10-12-20(13-11-19)25(3,4)5/h7-13H,14-16H2,1-6H3,(H,26,31)(H,27,29). The first kappa shape index (κ1) is 24.1. The van der Waals surface area contributed by atoms with Crippen molar-refractivity contribution in [1.82, 2.24) is 10.2 Å². The summed E-state index contributed by atoms with van der Waals surface area (Å²) < 4.78 is 0. The molecule has 3 amide bonds. The van der Waals surface area contributed by atoms with Crippen LogP contribution in [0, 0.1) is 13.8 Å². The van der Waals surface area contributed by atoms with Crippen LogP contribution in [0.5, 0.6) is 0 Å². The number of carbonyl (C=O) groups excluding carboxylic acids is 3. The van der Waals surface area contributed by atoms with Gasteiger partial charge in [0.15, 0.2) is 0 Å². The number of nitrogens with zero attached hydrogens (tertiary/aromatic N) is 1. The van der Waals surface area contributed by atoms with Crippen LogP contribution < -0.4 is 10.6 Å². The second kappa shape index (κ2) is 10.2. The predicted octanol–water partition coefficient (Wildman–Crippen LogP) is 3.82. The Hall–Kier alpha value is -3.15. The zero-order valence-corrected chi connectivity index (χ0v) is 19.3. The Morgan fingerprint density at radius 1 is 0.968 bits per heavy atom. The summed E-state index contributed by atoms with van der Waals surface area (Å²) in [6.45, 7) is 10.4. The van der Waals surface area contributed by atoms with Crippen molar-refractivity contribution in [1.29, 1.82) is 0 Å². The lowest BCUT2D eigenvalue weighted by Gasteiger charge is -2.19. The van der Waals surface area contributed by atoms with Gasteiger partial charge in [0, 0.05) is 31.3 Å². The predicted molar refractivity (Wildman–Crippen MR) is 124 cm³/mol. The molecule has 2 aromatic carbocycles. The molecule has 0 aliphatic rings. The summed E-state index contributed by atoms with van der Waals surface area (Å²) in [6.07, 6.45) is 0.124. The average molecular weight is 424 g/mol. The summed E-state index contributed by atoms with van der Waals surface area (Å²) in [6, 6.07) is 13.2. The van der Waals surface area contributed by atoms with Gasteiger partial charge in [-0.15, -0.1) is 0 Å². The fraction of sp³-hybridized carbons (Fsp3) is 0.400. The first-order chi connectivity index (χ1) is 14.5. The third kappa shape index (κ3) is 6.95. The molecule has 0 aliphatic carbocycles. The quantitative estimate of drug-likeness (QED) is 0.711. The van der Waals surface area contributed by atoms with Gasteiger partial charge >= 0.3 is 0 Å². The zero-order valence-electron chi connectivity index (χ0n) is 19.3. The lowest BCUT2D eigenvalue weighted by molar-refractivity contribution is -0.133. The molecule has 0 saturated heterocycles. The minimum absolute atomic E-state index is 0.0241. The van der Waals surface area contributed by atoms with Gasteiger partial charge in [-0.25, -0.2) is 0 Å². The summed E-state index contributed by atoms with van der Waals surface area (Å²) in [7, 11) is 1.58. The summed E-state index contributed by atoms with van der Waals surface area (Å²) >= 11 is 0. The second-order valence-corrected chi connectivity index (χ2v) is 8.88. The Morgan fingerprint density at radius 2 is 1.61 bits per heavy atom. The van der Waals surface area contributed by atoms with E-state index in [-0.39, 0.29) is 42.6 Å². The molecular weight excluding hydrogens is 390 g/mol. The smallest absolute Gasteiger partial charge is 0.251 e. The summed E-state index contributed by atoms with van der Waals surface area (Å²) in [5, 5.41) is 5.61. The number of aryl methyl sites for hydroxylation is 1. The number of rotatable bonds is 7. The van der Waals surface area contributed by atoms with Gasteiger partial charge < -0.3 is 15.5 Å². The van der Waals surface area contributed by atoms with E-state index in [2.05, 4.69) is 31.4 Å². The molecule has 0 aromatic heterocycles. The molecule has 6 nitrogen and oxygen atoms in total. The average Bonchev–Trinajstić information content (AvgIpc) is 2.70. The van der Waals surface area contributed by atoms with E-state index in [1.165, 1.54) is 4.90 Å². The van der Waals surface area contributed by atoms with Crippen molar-refractivity contribution in [2.75, 3.05) is 25.5 Å². The molecule has 6 heteroatoms. The number of hydrogen-bond donors (Lipinski definition) is 2. The Morgan fingerprint density at radius 3 is 2.23 bits per heavy atom. The second-order valence-electron chi connectivity index (χ2n) is 8.88. The van der Waals surface area contributed by atoms with Crippen LogP contribution in [0.2, 0.25) is 0 Å². The van der Waals surface area contributed by atoms with E-state index < -0.39 is 0 Å². The van der Waals surface area contributed by atoms with Crippen LogP contribution in [0.1, 0.15) is 54.2 Å². The van der Waals surface area contributed by atoms with Crippen LogP contribution in [0.25, 0.3) is 0 Å². The van der Waals surface area contributed by atoms with E-state index >= 15 is 0 Å². The Balaban J connectivity index is 1.79. The van der Waals surface area contributed by atoms with Gasteiger partial charge in [-0.1, -0.05) is 45.0 Å². The van der Waals surface area contributed by atoms with Crippen molar-refractivity contribution in [3.63, 3.8) is 0 Å². The number of hydrogen-bond acceptors (Lipinski definition) is 3. The molecule has 0 bridgehead atoms. The number of carbonyl (C=O) groups is 3. The highest BCUT2D eigenvalue weighted by atomic mass is 16.2. The Bertz CT molecular complexity index is 943. The molecule has 0 spiro atoms. The van der Waals surface area contributed by atoms with E-state index in [0.29, 0.717) is 5.56 Å². The van der Waals surface area contributed by atoms with E-state index in [1.807, 2.05) is 44.2 Å². The maximum atomic E-state index is 12.3. The molecule has 166 valence electrons. The Labute approximate surface area is 185 Å². The third-order valence-corrected chi connectivity index (χ3v) is 5.32. The number of anilines is 1. The largest absolute Gasteiger partial charge is 0.352 e. The molecule has 0 aliphatic heterocycles. The van der Waals surface area contributed by atoms with Crippen molar-refractivity contribution in [3.8, 4) is 0 Å². The minimum Gasteiger partial charge on any atom is -0.352 e. The third-order valence-electron chi connectivity index (χ3n) is 5.32. The highest BCUT2D eigenvalue weighted by Gasteiger charge is 2.16. The van der Waals surface area contributed by atoms with Crippen LogP contribution >= 0.6 is 0 Å². The van der Waals surface area contributed by atoms with Crippen molar-refractivity contribution < 1.29 is 14.4 Å². The van der Waals surface area contributed by atoms with Crippen molar-refractivity contribution in [3.05, 3.63) is 64.7 Å². The van der Waals surface area contributed by atoms with Gasteiger partial charge in [0.25, 0.3) is 5.91 Å². The van der Waals surface area contributed by atoms with Crippen molar-refractivity contribution >= 4 is 23.4 Å². The Kier molecular flexibility index (Phi) is 7.97. The monoisotopic (exact) mass is 423 g/mol. The molecule has 0 radical (unpaired) electrons. The van der Waals surface area contributed by atoms with Crippen molar-refractivity contribution in [2.45, 2.75) is 46.5 Å². The summed E-state index contributed by atoms with van der Waals surface area (Å²) in [5.74, 6) is -0.685. The van der Waals surface area contributed by atoms with E-state index in [9.17, 15) is 14.4 Å². The normalized spacial score (nSPS) is 11.0. The van der Waals surface area contributed by atoms with Crippen molar-refractivity contribution in [2.24, 2.45) is 0 Å². The lowest BCUT2D eigenvalue weighted by Crippen LogP contribution is -2.37. The van der Waals surface area contributed by atoms with Gasteiger partial charge in [0.1, 0.15) is 0 Å². The molecule has 2 rings (SSSR count). The van der Waals surface area contributed by atoms with E-state index in [4.69, 9.17) is 0 Å². The highest BCUT2D eigenvalue weighted by Crippen LogP contribution is 2.22. The molecule has 0 saturated carbocycles. The van der Waals surface area contributed by atoms with Crippen LogP contribution in [-0.2, 0) is 15.0 Å². The number of benzene rings is 2. The van der Waals surface area contributed by atoms with Gasteiger partial charge in [-0.2, -0.15) is 0 Å². The molecular formula is C25H33N3O3. The molecule has 0 atom stereocenters. The lowest BCUT2D eigenvalue weighted by atomic mass is 9.87.